The number of nitrogens with zero attached hydrogens (tertiary/aromatic N) is 2. The Bertz CT molecular complexity index is 365. The molecule has 0 aromatic carbocycles. The average molecular weight is 283 g/mol. The van der Waals surface area contributed by atoms with Crippen LogP contribution < -0.4 is 5.32 Å². The summed E-state index contributed by atoms with van der Waals surface area (Å²) >= 11 is 0. The molecule has 2 bridgehead atoms. The molecule has 0 aromatic heterocycles. The van der Waals surface area contributed by atoms with Crippen LogP contribution in [-0.2, 0) is 4.79 Å². The first-order valence-electron chi connectivity index (χ1n) is 7.45. The highest BCUT2D eigenvalue weighted by Crippen LogP contribution is 2.27. The molecular weight excluding hydrogens is 258 g/mol. The number of nitrogens with one attached hydrogen (secondary N) is 1. The highest BCUT2D eigenvalue weighted by molar-refractivity contribution is 5.80. The molecule has 0 spiro atoms. The largest absolute Gasteiger partial charge is 0.480 e. The molecule has 0 radical (unpaired) electrons. The number of fused-ring (bicyclic) bond motifs is 3. The summed E-state index contributed by atoms with van der Waals surface area (Å²) in [4.78, 5) is 27.0. The summed E-state index contributed by atoms with van der Waals surface area (Å²) in [5, 5.41) is 12.0. The van der Waals surface area contributed by atoms with E-state index in [0.717, 1.165) is 32.5 Å². The molecule has 3 aliphatic heterocycles. The van der Waals surface area contributed by atoms with Crippen LogP contribution in [-0.4, -0.2) is 65.7 Å². The van der Waals surface area contributed by atoms with Gasteiger partial charge in [0.1, 0.15) is 6.54 Å². The molecule has 3 fully saturated rings. The van der Waals surface area contributed by atoms with Gasteiger partial charge in [0.25, 0.3) is 0 Å². The molecule has 2 N–H and O–H groups in total. The summed E-state index contributed by atoms with van der Waals surface area (Å²) in [7, 11) is 0. The number of rotatable bonds is 5. The van der Waals surface area contributed by atoms with Gasteiger partial charge in [0, 0.05) is 19.1 Å². The van der Waals surface area contributed by atoms with Gasteiger partial charge in [-0.05, 0) is 37.8 Å². The first-order chi connectivity index (χ1) is 9.45. The Balaban J connectivity index is 1.92. The van der Waals surface area contributed by atoms with Gasteiger partial charge in [0.2, 0.25) is 0 Å². The third kappa shape index (κ3) is 3.85. The normalized spacial score (nSPS) is 28.4. The van der Waals surface area contributed by atoms with Crippen molar-refractivity contribution in [3.8, 4) is 0 Å². The second-order valence-electron chi connectivity index (χ2n) is 6.36. The summed E-state index contributed by atoms with van der Waals surface area (Å²) in [5.41, 5.74) is 0. The fourth-order valence-corrected chi connectivity index (χ4v) is 3.20. The minimum absolute atomic E-state index is 0.174. The Kier molecular flexibility index (Phi) is 4.86. The lowest BCUT2D eigenvalue weighted by atomic mass is 9.84. The quantitative estimate of drug-likeness (QED) is 0.784. The maximum absolute atomic E-state index is 12.3. The van der Waals surface area contributed by atoms with Crippen molar-refractivity contribution < 1.29 is 14.7 Å². The fourth-order valence-electron chi connectivity index (χ4n) is 3.20. The molecular formula is C14H25N3O3. The van der Waals surface area contributed by atoms with Crippen molar-refractivity contribution in [1.82, 2.24) is 15.1 Å². The van der Waals surface area contributed by atoms with E-state index < -0.39 is 5.97 Å². The molecule has 3 heterocycles. The highest BCUT2D eigenvalue weighted by atomic mass is 16.4. The first kappa shape index (κ1) is 15.1. The van der Waals surface area contributed by atoms with Gasteiger partial charge in [-0.2, -0.15) is 0 Å². The summed E-state index contributed by atoms with van der Waals surface area (Å²) < 4.78 is 0. The summed E-state index contributed by atoms with van der Waals surface area (Å²) in [5.74, 6) is -0.156. The van der Waals surface area contributed by atoms with Crippen LogP contribution in [0.1, 0.15) is 26.7 Å². The predicted octanol–water partition coefficient (Wildman–Crippen LogP) is 0.833. The Morgan fingerprint density at radius 3 is 2.45 bits per heavy atom. The van der Waals surface area contributed by atoms with Crippen LogP contribution >= 0.6 is 0 Å². The van der Waals surface area contributed by atoms with E-state index in [2.05, 4.69) is 10.2 Å². The minimum atomic E-state index is -0.963. The fraction of sp³-hybridized carbons (Fsp3) is 0.857. The van der Waals surface area contributed by atoms with Gasteiger partial charge in [-0.1, -0.05) is 13.8 Å². The van der Waals surface area contributed by atoms with Crippen molar-refractivity contribution in [2.45, 2.75) is 32.7 Å². The van der Waals surface area contributed by atoms with E-state index in [1.54, 1.807) is 0 Å². The lowest BCUT2D eigenvalue weighted by Gasteiger charge is -2.45. The van der Waals surface area contributed by atoms with Crippen LogP contribution in [0.4, 0.5) is 4.79 Å². The monoisotopic (exact) mass is 283 g/mol. The third-order valence-corrected chi connectivity index (χ3v) is 4.16. The van der Waals surface area contributed by atoms with E-state index in [9.17, 15) is 9.59 Å². The molecule has 3 saturated heterocycles. The van der Waals surface area contributed by atoms with Gasteiger partial charge >= 0.3 is 12.0 Å². The standard InChI is InChI=1S/C14H25N3O3/c1-10(2)7-17(9-13(18)19)14(20)15-12-8-16-5-3-11(12)4-6-16/h10-12H,3-9H2,1-2H3,(H,15,20)(H,18,19). The molecule has 6 nitrogen and oxygen atoms in total. The zero-order valence-electron chi connectivity index (χ0n) is 12.3. The maximum atomic E-state index is 12.3. The molecule has 0 aliphatic carbocycles. The SMILES string of the molecule is CC(C)CN(CC(=O)O)C(=O)NC1CN2CCC1CC2. The number of piperidine rings is 3. The van der Waals surface area contributed by atoms with Crippen molar-refractivity contribution in [3.05, 3.63) is 0 Å². The van der Waals surface area contributed by atoms with Crippen molar-refractivity contribution in [2.75, 3.05) is 32.7 Å². The molecule has 0 aromatic rings. The lowest BCUT2D eigenvalue weighted by molar-refractivity contribution is -0.137. The van der Waals surface area contributed by atoms with Crippen LogP contribution in [0.15, 0.2) is 0 Å². The molecule has 20 heavy (non-hydrogen) atoms. The van der Waals surface area contributed by atoms with Gasteiger partial charge in [-0.3, -0.25) is 4.79 Å². The number of carbonyl (C=O) groups excluding carboxylic acids is 1. The van der Waals surface area contributed by atoms with Gasteiger partial charge < -0.3 is 20.2 Å². The Morgan fingerprint density at radius 2 is 2.00 bits per heavy atom. The topological polar surface area (TPSA) is 72.9 Å². The number of amides is 2. The minimum Gasteiger partial charge on any atom is -0.480 e. The smallest absolute Gasteiger partial charge is 0.323 e. The van der Waals surface area contributed by atoms with Crippen LogP contribution in [0.5, 0.6) is 0 Å². The number of carboxylic acids is 1. The summed E-state index contributed by atoms with van der Waals surface area (Å²) in [6.45, 7) is 7.36. The van der Waals surface area contributed by atoms with E-state index in [4.69, 9.17) is 5.11 Å². The van der Waals surface area contributed by atoms with Crippen molar-refractivity contribution >= 4 is 12.0 Å². The molecule has 6 heteroatoms. The van der Waals surface area contributed by atoms with Crippen molar-refractivity contribution in [2.24, 2.45) is 11.8 Å². The van der Waals surface area contributed by atoms with Crippen LogP contribution in [0.25, 0.3) is 0 Å². The molecule has 3 aliphatic rings. The summed E-state index contributed by atoms with van der Waals surface area (Å²) in [6, 6.07) is -0.0618. The van der Waals surface area contributed by atoms with Gasteiger partial charge in [0.05, 0.1) is 0 Å². The molecule has 2 amide bonds. The number of urea groups is 1. The first-order valence-corrected chi connectivity index (χ1v) is 7.45. The molecule has 1 atom stereocenters. The zero-order valence-corrected chi connectivity index (χ0v) is 12.3. The number of hydrogen-bond acceptors (Lipinski definition) is 3. The number of carboxylic acid groups (broad SMARTS) is 1. The van der Waals surface area contributed by atoms with E-state index in [1.807, 2.05) is 13.8 Å². The van der Waals surface area contributed by atoms with Crippen LogP contribution in [0.3, 0.4) is 0 Å². The molecule has 1 unspecified atom stereocenters. The zero-order chi connectivity index (χ0) is 14.7. The van der Waals surface area contributed by atoms with Crippen molar-refractivity contribution in [1.29, 1.82) is 0 Å². The second kappa shape index (κ2) is 6.43. The summed E-state index contributed by atoms with van der Waals surface area (Å²) in [6.07, 6.45) is 2.27. The van der Waals surface area contributed by atoms with Crippen molar-refractivity contribution in [3.63, 3.8) is 0 Å². The van der Waals surface area contributed by atoms with Crippen LogP contribution in [0, 0.1) is 11.8 Å². The molecule has 3 rings (SSSR count). The van der Waals surface area contributed by atoms with E-state index >= 15 is 0 Å². The highest BCUT2D eigenvalue weighted by Gasteiger charge is 2.35. The van der Waals surface area contributed by atoms with E-state index in [0.29, 0.717) is 12.5 Å². The molecule has 114 valence electrons. The maximum Gasteiger partial charge on any atom is 0.323 e. The lowest BCUT2D eigenvalue weighted by Crippen LogP contribution is -2.59. The second-order valence-corrected chi connectivity index (χ2v) is 6.36. The van der Waals surface area contributed by atoms with E-state index in [-0.39, 0.29) is 24.5 Å². The molecule has 0 saturated carbocycles. The van der Waals surface area contributed by atoms with Crippen LogP contribution in [0.2, 0.25) is 0 Å². The number of hydrogen-bond donors (Lipinski definition) is 2. The average Bonchev–Trinajstić information content (AvgIpc) is 2.38. The number of aliphatic carboxylic acids is 1. The van der Waals surface area contributed by atoms with E-state index in [1.165, 1.54) is 4.90 Å². The predicted molar refractivity (Wildman–Crippen MR) is 75.5 cm³/mol. The Labute approximate surface area is 120 Å². The van der Waals surface area contributed by atoms with Gasteiger partial charge in [-0.15, -0.1) is 0 Å². The Morgan fingerprint density at radius 1 is 1.35 bits per heavy atom. The van der Waals surface area contributed by atoms with Gasteiger partial charge in [0.15, 0.2) is 0 Å². The Hall–Kier alpha value is -1.30. The number of carbonyl (C=O) groups is 2. The van der Waals surface area contributed by atoms with Gasteiger partial charge in [-0.25, -0.2) is 4.79 Å². The third-order valence-electron chi connectivity index (χ3n) is 4.16.